The molecule has 1 atom stereocenters. The maximum absolute atomic E-state index is 12.4. The molecule has 100 valence electrons. The van der Waals surface area contributed by atoms with Crippen molar-refractivity contribution >= 4 is 11.9 Å². The van der Waals surface area contributed by atoms with Crippen LogP contribution in [-0.4, -0.2) is 54.7 Å². The maximum Gasteiger partial charge on any atom is 0.325 e. The van der Waals surface area contributed by atoms with Gasteiger partial charge in [0.25, 0.3) is 5.91 Å². The summed E-state index contributed by atoms with van der Waals surface area (Å²) >= 11 is 0. The van der Waals surface area contributed by atoms with Crippen molar-refractivity contribution in [1.29, 1.82) is 0 Å². The molecule has 3 amide bonds. The van der Waals surface area contributed by atoms with Gasteiger partial charge in [-0.05, 0) is 38.8 Å². The van der Waals surface area contributed by atoms with E-state index >= 15 is 0 Å². The summed E-state index contributed by atoms with van der Waals surface area (Å²) < 4.78 is 5.50. The van der Waals surface area contributed by atoms with Gasteiger partial charge >= 0.3 is 6.03 Å². The van der Waals surface area contributed by atoms with Crippen molar-refractivity contribution in [3.8, 4) is 0 Å². The highest BCUT2D eigenvalue weighted by atomic mass is 16.5. The van der Waals surface area contributed by atoms with Crippen LogP contribution in [0.4, 0.5) is 4.79 Å². The number of hydrogen-bond acceptors (Lipinski definition) is 4. The van der Waals surface area contributed by atoms with Gasteiger partial charge in [-0.1, -0.05) is 0 Å². The molecule has 3 aliphatic heterocycles. The molecule has 3 fully saturated rings. The van der Waals surface area contributed by atoms with Gasteiger partial charge in [-0.3, -0.25) is 9.69 Å². The van der Waals surface area contributed by atoms with Crippen LogP contribution in [0.1, 0.15) is 25.7 Å². The molecule has 18 heavy (non-hydrogen) atoms. The predicted octanol–water partition coefficient (Wildman–Crippen LogP) is -0.161. The SMILES string of the molecule is O=C1NC2(CCNCC2)C(=O)N1CC1CCCO1. The normalized spacial score (nSPS) is 31.1. The first-order valence-corrected chi connectivity index (χ1v) is 6.68. The van der Waals surface area contributed by atoms with Gasteiger partial charge in [0, 0.05) is 6.61 Å². The predicted molar refractivity (Wildman–Crippen MR) is 64.1 cm³/mol. The van der Waals surface area contributed by atoms with E-state index in [1.165, 1.54) is 4.90 Å². The van der Waals surface area contributed by atoms with Crippen molar-refractivity contribution in [2.24, 2.45) is 0 Å². The minimum Gasteiger partial charge on any atom is -0.376 e. The minimum atomic E-state index is -0.652. The highest BCUT2D eigenvalue weighted by Crippen LogP contribution is 2.28. The Kier molecular flexibility index (Phi) is 2.99. The van der Waals surface area contributed by atoms with Crippen molar-refractivity contribution in [2.75, 3.05) is 26.2 Å². The summed E-state index contributed by atoms with van der Waals surface area (Å²) in [7, 11) is 0. The van der Waals surface area contributed by atoms with Crippen molar-refractivity contribution < 1.29 is 14.3 Å². The number of hydrogen-bond donors (Lipinski definition) is 2. The molecular formula is C12H19N3O3. The second-order valence-electron chi connectivity index (χ2n) is 5.31. The van der Waals surface area contributed by atoms with Gasteiger partial charge in [0.05, 0.1) is 12.6 Å². The van der Waals surface area contributed by atoms with Crippen LogP contribution in [0.2, 0.25) is 0 Å². The summed E-state index contributed by atoms with van der Waals surface area (Å²) in [6.07, 6.45) is 3.34. The molecule has 0 aromatic heterocycles. The molecule has 3 saturated heterocycles. The van der Waals surface area contributed by atoms with E-state index in [0.717, 1.165) is 32.5 Å². The molecule has 0 aromatic rings. The lowest BCUT2D eigenvalue weighted by molar-refractivity contribution is -0.133. The third-order valence-corrected chi connectivity index (χ3v) is 4.11. The molecule has 0 saturated carbocycles. The number of imide groups is 1. The minimum absolute atomic E-state index is 0.0246. The smallest absolute Gasteiger partial charge is 0.325 e. The van der Waals surface area contributed by atoms with Crippen LogP contribution in [-0.2, 0) is 9.53 Å². The molecule has 0 bridgehead atoms. The van der Waals surface area contributed by atoms with Crippen molar-refractivity contribution in [1.82, 2.24) is 15.5 Å². The lowest BCUT2D eigenvalue weighted by atomic mass is 9.88. The molecule has 3 rings (SSSR count). The van der Waals surface area contributed by atoms with E-state index in [9.17, 15) is 9.59 Å². The number of urea groups is 1. The van der Waals surface area contributed by atoms with Gasteiger partial charge in [-0.2, -0.15) is 0 Å². The largest absolute Gasteiger partial charge is 0.376 e. The Labute approximate surface area is 106 Å². The van der Waals surface area contributed by atoms with Crippen LogP contribution >= 0.6 is 0 Å². The van der Waals surface area contributed by atoms with E-state index < -0.39 is 5.54 Å². The third kappa shape index (κ3) is 1.89. The number of carbonyl (C=O) groups excluding carboxylic acids is 2. The topological polar surface area (TPSA) is 70.7 Å². The van der Waals surface area contributed by atoms with Gasteiger partial charge in [0.2, 0.25) is 0 Å². The number of rotatable bonds is 2. The zero-order valence-electron chi connectivity index (χ0n) is 10.4. The first kappa shape index (κ1) is 11.9. The van der Waals surface area contributed by atoms with Crippen LogP contribution in [0, 0.1) is 0 Å². The third-order valence-electron chi connectivity index (χ3n) is 4.11. The van der Waals surface area contributed by atoms with E-state index in [1.807, 2.05) is 0 Å². The molecule has 6 nitrogen and oxygen atoms in total. The quantitative estimate of drug-likeness (QED) is 0.671. The second kappa shape index (κ2) is 4.51. The Morgan fingerprint density at radius 3 is 2.78 bits per heavy atom. The average molecular weight is 253 g/mol. The lowest BCUT2D eigenvalue weighted by Crippen LogP contribution is -2.54. The van der Waals surface area contributed by atoms with Crippen LogP contribution in [0.25, 0.3) is 0 Å². The summed E-state index contributed by atoms with van der Waals surface area (Å²) in [4.78, 5) is 25.8. The second-order valence-corrected chi connectivity index (χ2v) is 5.31. The van der Waals surface area contributed by atoms with Gasteiger partial charge in [0.15, 0.2) is 0 Å². The standard InChI is InChI=1S/C12H19N3O3/c16-10-12(3-5-13-6-4-12)14-11(17)15(10)8-9-2-1-7-18-9/h9,13H,1-8H2,(H,14,17). The number of amides is 3. The van der Waals surface area contributed by atoms with Crippen LogP contribution < -0.4 is 10.6 Å². The highest BCUT2D eigenvalue weighted by molar-refractivity contribution is 6.07. The summed E-state index contributed by atoms with van der Waals surface area (Å²) in [5.41, 5.74) is -0.652. The fraction of sp³-hybridized carbons (Fsp3) is 0.833. The maximum atomic E-state index is 12.4. The Balaban J connectivity index is 1.71. The van der Waals surface area contributed by atoms with Gasteiger partial charge < -0.3 is 15.4 Å². The zero-order chi connectivity index (χ0) is 12.6. The van der Waals surface area contributed by atoms with Gasteiger partial charge in [-0.15, -0.1) is 0 Å². The molecular weight excluding hydrogens is 234 g/mol. The summed E-state index contributed by atoms with van der Waals surface area (Å²) in [6.45, 7) is 2.70. The Bertz CT molecular complexity index is 360. The van der Waals surface area contributed by atoms with Crippen molar-refractivity contribution in [3.63, 3.8) is 0 Å². The molecule has 1 unspecified atom stereocenters. The molecule has 2 N–H and O–H groups in total. The van der Waals surface area contributed by atoms with E-state index in [-0.39, 0.29) is 18.0 Å². The summed E-state index contributed by atoms with van der Waals surface area (Å²) in [6, 6.07) is -0.252. The fourth-order valence-electron chi connectivity index (χ4n) is 3.03. The molecule has 3 aliphatic rings. The molecule has 3 heterocycles. The van der Waals surface area contributed by atoms with E-state index in [2.05, 4.69) is 10.6 Å². The van der Waals surface area contributed by atoms with E-state index in [1.54, 1.807) is 0 Å². The average Bonchev–Trinajstić information content (AvgIpc) is 2.95. The molecule has 1 spiro atoms. The first-order chi connectivity index (χ1) is 8.71. The van der Waals surface area contributed by atoms with E-state index in [0.29, 0.717) is 19.4 Å². The fourth-order valence-corrected chi connectivity index (χ4v) is 3.03. The monoisotopic (exact) mass is 253 g/mol. The summed E-state index contributed by atoms with van der Waals surface area (Å²) in [5.74, 6) is -0.0653. The lowest BCUT2D eigenvalue weighted by Gasteiger charge is -2.31. The molecule has 0 aromatic carbocycles. The number of nitrogens with one attached hydrogen (secondary N) is 2. The van der Waals surface area contributed by atoms with Crippen LogP contribution in [0.3, 0.4) is 0 Å². The molecule has 0 radical (unpaired) electrons. The van der Waals surface area contributed by atoms with Crippen LogP contribution in [0.15, 0.2) is 0 Å². The Morgan fingerprint density at radius 2 is 2.11 bits per heavy atom. The molecule has 6 heteroatoms. The number of piperidine rings is 1. The highest BCUT2D eigenvalue weighted by Gasteiger charge is 2.51. The van der Waals surface area contributed by atoms with E-state index in [4.69, 9.17) is 4.74 Å². The number of carbonyl (C=O) groups is 2. The zero-order valence-corrected chi connectivity index (χ0v) is 10.4. The van der Waals surface area contributed by atoms with Crippen molar-refractivity contribution in [3.05, 3.63) is 0 Å². The van der Waals surface area contributed by atoms with Gasteiger partial charge in [0.1, 0.15) is 5.54 Å². The molecule has 0 aliphatic carbocycles. The first-order valence-electron chi connectivity index (χ1n) is 6.68. The number of nitrogens with zero attached hydrogens (tertiary/aromatic N) is 1. The summed E-state index contributed by atoms with van der Waals surface area (Å²) in [5, 5.41) is 6.10. The number of ether oxygens (including phenoxy) is 1. The Morgan fingerprint density at radius 1 is 1.33 bits per heavy atom. The van der Waals surface area contributed by atoms with Crippen LogP contribution in [0.5, 0.6) is 0 Å². The Hall–Kier alpha value is -1.14. The van der Waals surface area contributed by atoms with Crippen molar-refractivity contribution in [2.45, 2.75) is 37.3 Å². The van der Waals surface area contributed by atoms with Gasteiger partial charge in [-0.25, -0.2) is 4.79 Å².